The van der Waals surface area contributed by atoms with Gasteiger partial charge in [-0.3, -0.25) is 4.98 Å². The third-order valence-corrected chi connectivity index (χ3v) is 7.49. The first-order valence-corrected chi connectivity index (χ1v) is 13.9. The highest BCUT2D eigenvalue weighted by atomic mass is 35.5. The van der Waals surface area contributed by atoms with Gasteiger partial charge in [-0.25, -0.2) is 9.07 Å². The van der Waals surface area contributed by atoms with Crippen molar-refractivity contribution in [1.29, 1.82) is 10.5 Å². The van der Waals surface area contributed by atoms with Crippen LogP contribution in [0.4, 0.5) is 15.8 Å². The molecule has 2 unspecified atom stereocenters. The maximum absolute atomic E-state index is 13.9. The zero-order valence-corrected chi connectivity index (χ0v) is 23.2. The van der Waals surface area contributed by atoms with Crippen LogP contribution in [0.1, 0.15) is 67.5 Å². The van der Waals surface area contributed by atoms with Gasteiger partial charge in [0.05, 0.1) is 53.5 Å². The van der Waals surface area contributed by atoms with Gasteiger partial charge in [0, 0.05) is 23.7 Å². The molecule has 0 amide bonds. The molecule has 0 bridgehead atoms. The maximum Gasteiger partial charge on any atom is 0.123 e. The Morgan fingerprint density at radius 3 is 2.57 bits per heavy atom. The molecule has 10 heteroatoms. The Kier molecular flexibility index (Phi) is 7.32. The van der Waals surface area contributed by atoms with Crippen molar-refractivity contribution in [3.05, 3.63) is 112 Å². The summed E-state index contributed by atoms with van der Waals surface area (Å²) in [7, 11) is 0. The molecule has 0 aliphatic heterocycles. The fourth-order valence-corrected chi connectivity index (χ4v) is 5.18. The molecular formula is C32H26ClFN8. The largest absolute Gasteiger partial charge is 0.377 e. The number of fused-ring (bicyclic) bond motifs is 1. The highest BCUT2D eigenvalue weighted by Gasteiger charge is 2.27. The molecule has 3 aromatic carbocycles. The summed E-state index contributed by atoms with van der Waals surface area (Å²) in [5, 5.41) is 35.5. The van der Waals surface area contributed by atoms with E-state index in [1.165, 1.54) is 30.5 Å². The highest BCUT2D eigenvalue weighted by Crippen LogP contribution is 2.38. The molecule has 2 aromatic heterocycles. The van der Waals surface area contributed by atoms with Gasteiger partial charge in [-0.15, -0.1) is 5.10 Å². The Labute approximate surface area is 248 Å². The van der Waals surface area contributed by atoms with Crippen molar-refractivity contribution in [3.8, 4) is 12.1 Å². The summed E-state index contributed by atoms with van der Waals surface area (Å²) in [5.41, 5.74) is 3.51. The molecular weight excluding hydrogens is 551 g/mol. The van der Waals surface area contributed by atoms with Gasteiger partial charge in [0.2, 0.25) is 0 Å². The highest BCUT2D eigenvalue weighted by molar-refractivity contribution is 6.35. The normalized spacial score (nSPS) is 15.2. The summed E-state index contributed by atoms with van der Waals surface area (Å²) in [5.74, 6) is -0.420. The minimum atomic E-state index is -1.65. The lowest BCUT2D eigenvalue weighted by Gasteiger charge is -2.23. The molecule has 1 saturated carbocycles. The van der Waals surface area contributed by atoms with Crippen LogP contribution in [0.5, 0.6) is 0 Å². The van der Waals surface area contributed by atoms with Gasteiger partial charge in [-0.2, -0.15) is 10.5 Å². The second-order valence-corrected chi connectivity index (χ2v) is 10.5. The van der Waals surface area contributed by atoms with Crippen molar-refractivity contribution in [2.75, 3.05) is 10.6 Å². The molecule has 2 N–H and O–H groups in total. The number of nitrogens with one attached hydrogen (secondary N) is 2. The van der Waals surface area contributed by atoms with Crippen molar-refractivity contribution in [1.82, 2.24) is 20.0 Å². The van der Waals surface area contributed by atoms with Gasteiger partial charge in [-0.1, -0.05) is 59.3 Å². The van der Waals surface area contributed by atoms with E-state index in [2.05, 4.69) is 38.1 Å². The number of nitrogens with zero attached hydrogens (tertiary/aromatic N) is 6. The van der Waals surface area contributed by atoms with Gasteiger partial charge in [0.25, 0.3) is 0 Å². The number of rotatable bonds is 10. The van der Waals surface area contributed by atoms with Crippen LogP contribution in [-0.2, 0) is 0 Å². The van der Waals surface area contributed by atoms with Crippen LogP contribution in [0.25, 0.3) is 10.9 Å². The first-order chi connectivity index (χ1) is 20.9. The van der Waals surface area contributed by atoms with Crippen LogP contribution in [0.3, 0.4) is 0 Å². The minimum Gasteiger partial charge on any atom is -0.377 e. The van der Waals surface area contributed by atoms with Crippen molar-refractivity contribution in [2.45, 2.75) is 43.8 Å². The Hall–Kier alpha value is -4.99. The van der Waals surface area contributed by atoms with Crippen molar-refractivity contribution < 1.29 is 5.76 Å². The molecule has 8 nitrogen and oxygen atoms in total. The van der Waals surface area contributed by atoms with Gasteiger partial charge in [0.15, 0.2) is 0 Å². The third-order valence-electron chi connectivity index (χ3n) is 7.20. The number of aromatic nitrogens is 4. The van der Waals surface area contributed by atoms with Gasteiger partial charge < -0.3 is 10.6 Å². The van der Waals surface area contributed by atoms with E-state index in [0.29, 0.717) is 57.0 Å². The zero-order chi connectivity index (χ0) is 30.0. The molecule has 5 aromatic rings. The first-order valence-electron chi connectivity index (χ1n) is 14.1. The second-order valence-electron chi connectivity index (χ2n) is 10.1. The summed E-state index contributed by atoms with van der Waals surface area (Å²) in [4.78, 5) is 4.46. The number of halogens is 2. The second kappa shape index (κ2) is 11.9. The summed E-state index contributed by atoms with van der Waals surface area (Å²) in [6.07, 6.45) is 6.04. The van der Waals surface area contributed by atoms with E-state index in [-0.39, 0.29) is 12.1 Å². The van der Waals surface area contributed by atoms with Crippen LogP contribution >= 0.6 is 11.6 Å². The fourth-order valence-electron chi connectivity index (χ4n) is 4.92. The van der Waals surface area contributed by atoms with Crippen LogP contribution in [0.15, 0.2) is 79.1 Å². The number of nitriles is 2. The van der Waals surface area contributed by atoms with E-state index in [1.54, 1.807) is 23.0 Å². The van der Waals surface area contributed by atoms with Crippen LogP contribution < -0.4 is 10.6 Å². The number of hydrogen-bond donors (Lipinski definition) is 2. The number of anilines is 2. The molecule has 42 heavy (non-hydrogen) atoms. The standard InChI is InChI=1S/C32H26ClFN8/c33-27-16-24(38-31(21-8-10-23(34)11-9-21)29-19-42(41-40-29)25-12-13-25)15-26-30(22(17-36)18-37-32(26)27)39-28(7-4-14-35)20-5-2-1-3-6-20/h1-3,5-6,8-11,15-16,18-19,25,28,31,38H,4,7,12-13H2,(H,37,39)/i31D. The molecule has 1 aliphatic rings. The Balaban J connectivity index is 1.45. The summed E-state index contributed by atoms with van der Waals surface area (Å²) < 4.78 is 25.2. The molecule has 1 aliphatic carbocycles. The smallest absolute Gasteiger partial charge is 0.123 e. The zero-order valence-electron chi connectivity index (χ0n) is 23.4. The lowest BCUT2D eigenvalue weighted by atomic mass is 10.00. The molecule has 2 atom stereocenters. The molecule has 0 saturated heterocycles. The van der Waals surface area contributed by atoms with Crippen LogP contribution in [0.2, 0.25) is 5.02 Å². The Morgan fingerprint density at radius 2 is 1.86 bits per heavy atom. The average Bonchev–Trinajstić information content (AvgIpc) is 3.75. The topological polar surface area (TPSA) is 115 Å². The van der Waals surface area contributed by atoms with Gasteiger partial charge in [0.1, 0.15) is 17.6 Å². The molecule has 2 heterocycles. The van der Waals surface area contributed by atoms with E-state index in [0.717, 1.165) is 18.4 Å². The molecule has 0 radical (unpaired) electrons. The lowest BCUT2D eigenvalue weighted by Crippen LogP contribution is -2.14. The average molecular weight is 578 g/mol. The third kappa shape index (κ3) is 5.74. The predicted octanol–water partition coefficient (Wildman–Crippen LogP) is 7.48. The van der Waals surface area contributed by atoms with E-state index in [1.807, 2.05) is 30.3 Å². The SMILES string of the molecule is [2H]C(Nc1cc(Cl)c2ncc(C#N)c(NC(CCC#N)c3ccccc3)c2c1)(c1ccc(F)cc1)c1cn(C2CC2)nn1. The number of hydrogen-bond acceptors (Lipinski definition) is 7. The van der Waals surface area contributed by atoms with E-state index in [4.69, 9.17) is 11.6 Å². The first kappa shape index (κ1) is 25.9. The molecule has 1 fully saturated rings. The summed E-state index contributed by atoms with van der Waals surface area (Å²) >= 11 is 6.76. The maximum atomic E-state index is 13.9. The number of pyridine rings is 1. The summed E-state index contributed by atoms with van der Waals surface area (Å²) in [6.45, 7) is 0. The van der Waals surface area contributed by atoms with Crippen molar-refractivity contribution in [3.63, 3.8) is 0 Å². The summed E-state index contributed by atoms with van der Waals surface area (Å²) in [6, 6.07) is 21.6. The van der Waals surface area contributed by atoms with Crippen LogP contribution in [0, 0.1) is 28.5 Å². The predicted molar refractivity (Wildman–Crippen MR) is 159 cm³/mol. The molecule has 208 valence electrons. The Bertz CT molecular complexity index is 1860. The monoisotopic (exact) mass is 577 g/mol. The fraction of sp³-hybridized carbons (Fsp3) is 0.219. The lowest BCUT2D eigenvalue weighted by molar-refractivity contribution is 0.610. The minimum absolute atomic E-state index is 0.261. The quantitative estimate of drug-likeness (QED) is 0.177. The van der Waals surface area contributed by atoms with E-state index in [9.17, 15) is 16.3 Å². The van der Waals surface area contributed by atoms with Crippen molar-refractivity contribution in [2.24, 2.45) is 0 Å². The van der Waals surface area contributed by atoms with Gasteiger partial charge in [-0.05, 0) is 54.7 Å². The molecule has 0 spiro atoms. The van der Waals surface area contributed by atoms with Gasteiger partial charge >= 0.3 is 0 Å². The molecule has 6 rings (SSSR count). The van der Waals surface area contributed by atoms with E-state index >= 15 is 0 Å². The Morgan fingerprint density at radius 1 is 1.07 bits per heavy atom. The van der Waals surface area contributed by atoms with E-state index < -0.39 is 11.8 Å². The van der Waals surface area contributed by atoms with Crippen LogP contribution in [-0.4, -0.2) is 20.0 Å². The number of benzene rings is 3. The van der Waals surface area contributed by atoms with Crippen molar-refractivity contribution >= 4 is 33.9 Å².